The lowest BCUT2D eigenvalue weighted by atomic mass is 10.2. The Morgan fingerprint density at radius 1 is 1.42 bits per heavy atom. The highest BCUT2D eigenvalue weighted by Gasteiger charge is 2.07. The molecule has 0 aliphatic carbocycles. The first-order chi connectivity index (χ1) is 8.78. The molecule has 3 N–H and O–H groups in total. The molecule has 0 spiro atoms. The third-order valence-electron chi connectivity index (χ3n) is 2.36. The zero-order chi connectivity index (χ0) is 14.5. The van der Waals surface area contributed by atoms with Gasteiger partial charge in [-0.05, 0) is 30.7 Å². The molecule has 5 nitrogen and oxygen atoms in total. The van der Waals surface area contributed by atoms with Crippen LogP contribution in [-0.2, 0) is 14.6 Å². The monoisotopic (exact) mass is 302 g/mol. The number of hydrogen-bond acceptors (Lipinski definition) is 5. The zero-order valence-corrected chi connectivity index (χ0v) is 12.6. The third kappa shape index (κ3) is 6.49. The maximum Gasteiger partial charge on any atom is 0.234 e. The first kappa shape index (κ1) is 15.8. The predicted molar refractivity (Wildman–Crippen MR) is 81.3 cm³/mol. The molecule has 19 heavy (non-hydrogen) atoms. The van der Waals surface area contributed by atoms with Gasteiger partial charge in [0.05, 0.1) is 11.5 Å². The van der Waals surface area contributed by atoms with E-state index < -0.39 is 9.84 Å². The van der Waals surface area contributed by atoms with E-state index in [0.717, 1.165) is 11.3 Å². The minimum Gasteiger partial charge on any atom is -0.399 e. The van der Waals surface area contributed by atoms with Crippen LogP contribution in [0.1, 0.15) is 5.56 Å². The van der Waals surface area contributed by atoms with Crippen molar-refractivity contribution in [1.29, 1.82) is 0 Å². The molecule has 0 heterocycles. The van der Waals surface area contributed by atoms with E-state index in [1.165, 1.54) is 18.0 Å². The van der Waals surface area contributed by atoms with E-state index in [-0.39, 0.29) is 17.4 Å². The molecule has 0 radical (unpaired) electrons. The van der Waals surface area contributed by atoms with Crippen molar-refractivity contribution >= 4 is 38.9 Å². The van der Waals surface area contributed by atoms with Gasteiger partial charge < -0.3 is 11.1 Å². The summed E-state index contributed by atoms with van der Waals surface area (Å²) in [6.07, 6.45) is 1.19. The number of thioether (sulfide) groups is 1. The average molecular weight is 302 g/mol. The second kappa shape index (κ2) is 6.81. The molecule has 0 fully saturated rings. The number of hydrogen-bond donors (Lipinski definition) is 2. The highest BCUT2D eigenvalue weighted by molar-refractivity contribution is 8.01. The second-order valence-electron chi connectivity index (χ2n) is 4.30. The third-order valence-corrected chi connectivity index (χ3v) is 4.52. The Labute approximate surface area is 117 Å². The molecule has 1 aromatic rings. The van der Waals surface area contributed by atoms with E-state index in [0.29, 0.717) is 11.4 Å². The van der Waals surface area contributed by atoms with E-state index >= 15 is 0 Å². The Bertz CT molecular complexity index is 556. The van der Waals surface area contributed by atoms with Gasteiger partial charge >= 0.3 is 0 Å². The number of nitrogens with two attached hydrogens (primary N) is 1. The molecule has 0 bridgehead atoms. The zero-order valence-electron chi connectivity index (χ0n) is 11.0. The molecule has 0 aromatic heterocycles. The van der Waals surface area contributed by atoms with Gasteiger partial charge in [0.15, 0.2) is 0 Å². The van der Waals surface area contributed by atoms with Crippen LogP contribution in [0.4, 0.5) is 11.4 Å². The van der Waals surface area contributed by atoms with Crippen LogP contribution in [0.15, 0.2) is 18.2 Å². The maximum atomic E-state index is 11.7. The number of anilines is 2. The van der Waals surface area contributed by atoms with Crippen LogP contribution in [0.3, 0.4) is 0 Å². The van der Waals surface area contributed by atoms with Crippen LogP contribution < -0.4 is 11.1 Å². The maximum absolute atomic E-state index is 11.7. The lowest BCUT2D eigenvalue weighted by molar-refractivity contribution is -0.113. The minimum atomic E-state index is -2.96. The quantitative estimate of drug-likeness (QED) is 0.610. The number of sulfone groups is 1. The van der Waals surface area contributed by atoms with E-state index in [2.05, 4.69) is 5.32 Å². The Balaban J connectivity index is 2.39. The molecular formula is C12H18N2O3S2. The number of amides is 1. The second-order valence-corrected chi connectivity index (χ2v) is 7.67. The molecule has 0 unspecified atom stereocenters. The van der Waals surface area contributed by atoms with Crippen molar-refractivity contribution in [1.82, 2.24) is 0 Å². The van der Waals surface area contributed by atoms with Gasteiger partial charge in [-0.15, -0.1) is 0 Å². The van der Waals surface area contributed by atoms with Crippen molar-refractivity contribution in [3.05, 3.63) is 23.8 Å². The summed E-state index contributed by atoms with van der Waals surface area (Å²) in [4.78, 5) is 11.7. The Hall–Kier alpha value is -1.21. The van der Waals surface area contributed by atoms with Gasteiger partial charge in [-0.2, -0.15) is 11.8 Å². The first-order valence-electron chi connectivity index (χ1n) is 5.69. The summed E-state index contributed by atoms with van der Waals surface area (Å²) >= 11 is 1.30. The highest BCUT2D eigenvalue weighted by atomic mass is 32.2. The summed E-state index contributed by atoms with van der Waals surface area (Å²) < 4.78 is 21.8. The number of aryl methyl sites for hydroxylation is 1. The fourth-order valence-corrected chi connectivity index (χ4v) is 3.47. The standard InChI is InChI=1S/C12H18N2O3S2/c1-9-7-10(13)3-4-11(9)14-12(15)8-18-5-6-19(2,16)17/h3-4,7H,5-6,8,13H2,1-2H3,(H,14,15). The summed E-state index contributed by atoms with van der Waals surface area (Å²) in [7, 11) is -2.96. The lowest BCUT2D eigenvalue weighted by Crippen LogP contribution is -2.16. The van der Waals surface area contributed by atoms with E-state index in [9.17, 15) is 13.2 Å². The van der Waals surface area contributed by atoms with Crippen molar-refractivity contribution in [2.75, 3.05) is 34.6 Å². The predicted octanol–water partition coefficient (Wildman–Crippen LogP) is 1.29. The molecule has 0 saturated heterocycles. The van der Waals surface area contributed by atoms with Crippen LogP contribution in [-0.4, -0.2) is 37.8 Å². The van der Waals surface area contributed by atoms with Crippen molar-refractivity contribution in [2.45, 2.75) is 6.92 Å². The molecule has 0 aliphatic heterocycles. The molecule has 106 valence electrons. The van der Waals surface area contributed by atoms with Crippen LogP contribution in [0, 0.1) is 6.92 Å². The van der Waals surface area contributed by atoms with Gasteiger partial charge in [-0.1, -0.05) is 0 Å². The summed E-state index contributed by atoms with van der Waals surface area (Å²) in [5.41, 5.74) is 7.90. The van der Waals surface area contributed by atoms with Crippen LogP contribution in [0.5, 0.6) is 0 Å². The summed E-state index contributed by atoms with van der Waals surface area (Å²) in [6.45, 7) is 1.86. The van der Waals surface area contributed by atoms with Crippen molar-refractivity contribution < 1.29 is 13.2 Å². The van der Waals surface area contributed by atoms with E-state index in [1.54, 1.807) is 18.2 Å². The van der Waals surface area contributed by atoms with Gasteiger partial charge in [0.2, 0.25) is 5.91 Å². The normalized spacial score (nSPS) is 11.3. The Morgan fingerprint density at radius 3 is 2.68 bits per heavy atom. The minimum absolute atomic E-state index is 0.0891. The number of carbonyl (C=O) groups is 1. The van der Waals surface area contributed by atoms with Gasteiger partial charge in [0.1, 0.15) is 9.84 Å². The number of benzene rings is 1. The topological polar surface area (TPSA) is 89.3 Å². The molecule has 0 aliphatic rings. The Morgan fingerprint density at radius 2 is 2.11 bits per heavy atom. The van der Waals surface area contributed by atoms with E-state index in [4.69, 9.17) is 5.73 Å². The molecule has 0 saturated carbocycles. The molecule has 1 aromatic carbocycles. The average Bonchev–Trinajstić information content (AvgIpc) is 2.27. The summed E-state index contributed by atoms with van der Waals surface area (Å²) in [6, 6.07) is 5.26. The summed E-state index contributed by atoms with van der Waals surface area (Å²) in [5, 5.41) is 2.77. The van der Waals surface area contributed by atoms with E-state index in [1.807, 2.05) is 6.92 Å². The summed E-state index contributed by atoms with van der Waals surface area (Å²) in [5.74, 6) is 0.601. The number of carbonyl (C=O) groups excluding carboxylic acids is 1. The van der Waals surface area contributed by atoms with Gasteiger partial charge in [-0.3, -0.25) is 4.79 Å². The molecule has 7 heteroatoms. The van der Waals surface area contributed by atoms with Gasteiger partial charge in [0.25, 0.3) is 0 Å². The number of nitrogen functional groups attached to an aromatic ring is 1. The number of nitrogens with one attached hydrogen (secondary N) is 1. The Kier molecular flexibility index (Phi) is 5.68. The molecule has 1 rings (SSSR count). The largest absolute Gasteiger partial charge is 0.399 e. The fraction of sp³-hybridized carbons (Fsp3) is 0.417. The van der Waals surface area contributed by atoms with Crippen molar-refractivity contribution in [3.63, 3.8) is 0 Å². The molecular weight excluding hydrogens is 284 g/mol. The highest BCUT2D eigenvalue weighted by Crippen LogP contribution is 2.17. The molecule has 1 amide bonds. The van der Waals surface area contributed by atoms with Crippen molar-refractivity contribution in [3.8, 4) is 0 Å². The lowest BCUT2D eigenvalue weighted by Gasteiger charge is -2.08. The molecule has 0 atom stereocenters. The number of rotatable bonds is 6. The van der Waals surface area contributed by atoms with Gasteiger partial charge in [-0.25, -0.2) is 8.42 Å². The first-order valence-corrected chi connectivity index (χ1v) is 8.91. The SMILES string of the molecule is Cc1cc(N)ccc1NC(=O)CSCCS(C)(=O)=O. The smallest absolute Gasteiger partial charge is 0.234 e. The van der Waals surface area contributed by atoms with Crippen LogP contribution in [0.25, 0.3) is 0 Å². The van der Waals surface area contributed by atoms with Crippen LogP contribution in [0.2, 0.25) is 0 Å². The fourth-order valence-electron chi connectivity index (χ4n) is 1.39. The van der Waals surface area contributed by atoms with Crippen LogP contribution >= 0.6 is 11.8 Å². The van der Waals surface area contributed by atoms with Crippen molar-refractivity contribution in [2.24, 2.45) is 0 Å². The van der Waals surface area contributed by atoms with Gasteiger partial charge in [0, 0.05) is 23.4 Å².